The van der Waals surface area contributed by atoms with Crippen LogP contribution in [0.15, 0.2) is 24.3 Å². The molecule has 1 heterocycles. The van der Waals surface area contributed by atoms with Crippen LogP contribution in [0.5, 0.6) is 0 Å². The van der Waals surface area contributed by atoms with Crippen LogP contribution in [-0.2, 0) is 10.3 Å². The molecule has 0 spiro atoms. The van der Waals surface area contributed by atoms with Crippen LogP contribution in [0.25, 0.3) is 0 Å². The van der Waals surface area contributed by atoms with Crippen LogP contribution in [0.1, 0.15) is 57.6 Å². The average molecular weight is 248 g/mol. The molecule has 1 unspecified atom stereocenters. The Morgan fingerprint density at radius 2 is 1.78 bits per heavy atom. The Balaban J connectivity index is 2.24. The number of hydrogen-bond donors (Lipinski definition) is 1. The van der Waals surface area contributed by atoms with Gasteiger partial charge in [-0.1, -0.05) is 38.1 Å². The lowest BCUT2D eigenvalue weighted by Gasteiger charge is -2.41. The monoisotopic (exact) mass is 248 g/mol. The Morgan fingerprint density at radius 3 is 2.28 bits per heavy atom. The van der Waals surface area contributed by atoms with E-state index in [2.05, 4.69) is 38.1 Å². The van der Waals surface area contributed by atoms with Gasteiger partial charge in [0.2, 0.25) is 0 Å². The van der Waals surface area contributed by atoms with Gasteiger partial charge in [-0.25, -0.2) is 0 Å². The Kier molecular flexibility index (Phi) is 3.52. The van der Waals surface area contributed by atoms with E-state index in [-0.39, 0.29) is 5.60 Å². The molecule has 0 radical (unpaired) electrons. The minimum Gasteiger partial charge on any atom is -0.385 e. The van der Waals surface area contributed by atoms with Crippen molar-refractivity contribution in [1.29, 1.82) is 0 Å². The minimum atomic E-state index is -0.739. The molecule has 1 aliphatic heterocycles. The van der Waals surface area contributed by atoms with E-state index >= 15 is 0 Å². The van der Waals surface area contributed by atoms with Gasteiger partial charge in [-0.2, -0.15) is 0 Å². The summed E-state index contributed by atoms with van der Waals surface area (Å²) in [6.07, 6.45) is 1.33. The van der Waals surface area contributed by atoms with E-state index in [0.29, 0.717) is 25.4 Å². The van der Waals surface area contributed by atoms with E-state index in [4.69, 9.17) is 4.74 Å². The summed E-state index contributed by atoms with van der Waals surface area (Å²) in [6.45, 7) is 9.07. The van der Waals surface area contributed by atoms with Crippen LogP contribution >= 0.6 is 0 Å². The molecule has 0 saturated carbocycles. The predicted molar refractivity (Wildman–Crippen MR) is 73.7 cm³/mol. The van der Waals surface area contributed by atoms with Gasteiger partial charge in [0.05, 0.1) is 17.8 Å². The molecule has 0 amide bonds. The van der Waals surface area contributed by atoms with Gasteiger partial charge in [0.1, 0.15) is 0 Å². The highest BCUT2D eigenvalue weighted by atomic mass is 16.5. The second-order valence-corrected chi connectivity index (χ2v) is 6.34. The van der Waals surface area contributed by atoms with Crippen molar-refractivity contribution >= 4 is 0 Å². The molecule has 2 rings (SSSR count). The van der Waals surface area contributed by atoms with Crippen LogP contribution in [-0.4, -0.2) is 17.3 Å². The molecule has 1 atom stereocenters. The van der Waals surface area contributed by atoms with Gasteiger partial charge < -0.3 is 9.84 Å². The van der Waals surface area contributed by atoms with E-state index in [0.717, 1.165) is 5.56 Å². The van der Waals surface area contributed by atoms with E-state index in [1.165, 1.54) is 5.56 Å². The fraction of sp³-hybridized carbons (Fsp3) is 0.625. The molecule has 1 aliphatic rings. The fourth-order valence-corrected chi connectivity index (χ4v) is 2.76. The van der Waals surface area contributed by atoms with Crippen LogP contribution in [0, 0.1) is 0 Å². The Bertz CT molecular complexity index is 406. The lowest BCUT2D eigenvalue weighted by Crippen LogP contribution is -2.43. The number of benzene rings is 1. The van der Waals surface area contributed by atoms with E-state index in [1.54, 1.807) is 0 Å². The first-order chi connectivity index (χ1) is 8.32. The van der Waals surface area contributed by atoms with E-state index in [9.17, 15) is 5.11 Å². The van der Waals surface area contributed by atoms with Crippen molar-refractivity contribution in [3.8, 4) is 0 Å². The molecule has 2 heteroatoms. The zero-order valence-corrected chi connectivity index (χ0v) is 11.9. The van der Waals surface area contributed by atoms with Crippen LogP contribution in [0.2, 0.25) is 0 Å². The Hall–Kier alpha value is -0.860. The zero-order valence-electron chi connectivity index (χ0n) is 11.9. The van der Waals surface area contributed by atoms with Crippen molar-refractivity contribution in [2.45, 2.75) is 57.7 Å². The minimum absolute atomic E-state index is 0.246. The quantitative estimate of drug-likeness (QED) is 0.866. The van der Waals surface area contributed by atoms with Crippen LogP contribution in [0.3, 0.4) is 0 Å². The standard InChI is InChI=1S/C16H24O2/c1-12(2)13-5-7-14(8-6-13)16(17)9-10-18-15(3,4)11-16/h5-8,12,17H,9-11H2,1-4H3. The van der Waals surface area contributed by atoms with E-state index < -0.39 is 5.60 Å². The third-order valence-electron chi connectivity index (χ3n) is 3.84. The zero-order chi connectivity index (χ0) is 13.4. The molecule has 18 heavy (non-hydrogen) atoms. The van der Waals surface area contributed by atoms with Crippen LogP contribution in [0.4, 0.5) is 0 Å². The summed E-state index contributed by atoms with van der Waals surface area (Å²) in [5, 5.41) is 10.8. The number of aliphatic hydroxyl groups is 1. The van der Waals surface area contributed by atoms with Crippen LogP contribution < -0.4 is 0 Å². The summed E-state index contributed by atoms with van der Waals surface area (Å²) < 4.78 is 5.68. The lowest BCUT2D eigenvalue weighted by molar-refractivity contribution is -0.148. The molecule has 0 bridgehead atoms. The van der Waals surface area contributed by atoms with Gasteiger partial charge >= 0.3 is 0 Å². The molecular formula is C16H24O2. The van der Waals surface area contributed by atoms with Gasteiger partial charge in [-0.15, -0.1) is 0 Å². The lowest BCUT2D eigenvalue weighted by atomic mass is 9.79. The summed E-state index contributed by atoms with van der Waals surface area (Å²) in [7, 11) is 0. The largest absolute Gasteiger partial charge is 0.385 e. The molecule has 2 nitrogen and oxygen atoms in total. The predicted octanol–water partition coefficient (Wildman–Crippen LogP) is 3.59. The summed E-state index contributed by atoms with van der Waals surface area (Å²) in [5.41, 5.74) is 1.35. The summed E-state index contributed by atoms with van der Waals surface area (Å²) in [4.78, 5) is 0. The third kappa shape index (κ3) is 2.76. The second kappa shape index (κ2) is 4.67. The molecular weight excluding hydrogens is 224 g/mol. The van der Waals surface area contributed by atoms with Crippen molar-refractivity contribution in [3.05, 3.63) is 35.4 Å². The Labute approximate surface area is 110 Å². The number of hydrogen-bond acceptors (Lipinski definition) is 2. The molecule has 1 N–H and O–H groups in total. The summed E-state index contributed by atoms with van der Waals surface area (Å²) in [5.74, 6) is 0.528. The molecule has 100 valence electrons. The van der Waals surface area contributed by atoms with Gasteiger partial charge in [0.15, 0.2) is 0 Å². The first-order valence-electron chi connectivity index (χ1n) is 6.79. The van der Waals surface area contributed by atoms with Crippen molar-refractivity contribution < 1.29 is 9.84 Å². The average Bonchev–Trinajstić information content (AvgIpc) is 2.27. The van der Waals surface area contributed by atoms with Crippen molar-refractivity contribution in [2.75, 3.05) is 6.61 Å². The third-order valence-corrected chi connectivity index (χ3v) is 3.84. The second-order valence-electron chi connectivity index (χ2n) is 6.34. The van der Waals surface area contributed by atoms with Gasteiger partial charge in [0.25, 0.3) is 0 Å². The van der Waals surface area contributed by atoms with Gasteiger partial charge in [-0.05, 0) is 30.9 Å². The number of rotatable bonds is 2. The molecule has 1 saturated heterocycles. The maximum absolute atomic E-state index is 10.8. The molecule has 0 aliphatic carbocycles. The SMILES string of the molecule is CC(C)c1ccc(C2(O)CCOC(C)(C)C2)cc1. The first-order valence-corrected chi connectivity index (χ1v) is 6.79. The van der Waals surface area contributed by atoms with Crippen molar-refractivity contribution in [2.24, 2.45) is 0 Å². The smallest absolute Gasteiger partial charge is 0.0945 e. The van der Waals surface area contributed by atoms with Gasteiger partial charge in [-0.3, -0.25) is 0 Å². The molecule has 1 aromatic rings. The topological polar surface area (TPSA) is 29.5 Å². The van der Waals surface area contributed by atoms with E-state index in [1.807, 2.05) is 13.8 Å². The molecule has 1 aromatic carbocycles. The number of ether oxygens (including phenoxy) is 1. The first kappa shape index (κ1) is 13.6. The molecule has 0 aromatic heterocycles. The maximum atomic E-state index is 10.8. The molecule has 1 fully saturated rings. The highest BCUT2D eigenvalue weighted by Gasteiger charge is 2.40. The normalized spacial score (nSPS) is 27.4. The van der Waals surface area contributed by atoms with Gasteiger partial charge in [0, 0.05) is 12.8 Å². The highest BCUT2D eigenvalue weighted by molar-refractivity contribution is 5.29. The highest BCUT2D eigenvalue weighted by Crippen LogP contribution is 2.39. The summed E-state index contributed by atoms with van der Waals surface area (Å²) in [6, 6.07) is 8.38. The van der Waals surface area contributed by atoms with Crippen molar-refractivity contribution in [3.63, 3.8) is 0 Å². The fourth-order valence-electron chi connectivity index (χ4n) is 2.76. The maximum Gasteiger partial charge on any atom is 0.0945 e. The van der Waals surface area contributed by atoms with Crippen molar-refractivity contribution in [1.82, 2.24) is 0 Å². The Morgan fingerprint density at radius 1 is 1.17 bits per heavy atom. The summed E-state index contributed by atoms with van der Waals surface area (Å²) >= 11 is 0.